The summed E-state index contributed by atoms with van der Waals surface area (Å²) < 4.78 is 5.50. The van der Waals surface area contributed by atoms with Crippen LogP contribution < -0.4 is 10.5 Å². The molecular formula is C10H11ClNOS. The van der Waals surface area contributed by atoms with Gasteiger partial charge in [-0.2, -0.15) is 0 Å². The number of ether oxygens (including phenoxy) is 1. The van der Waals surface area contributed by atoms with Gasteiger partial charge in [0.05, 0.1) is 11.7 Å². The van der Waals surface area contributed by atoms with Crippen molar-refractivity contribution in [3.05, 3.63) is 28.8 Å². The molecule has 1 radical (unpaired) electrons. The van der Waals surface area contributed by atoms with Crippen LogP contribution in [-0.2, 0) is 0 Å². The van der Waals surface area contributed by atoms with Gasteiger partial charge in [0.2, 0.25) is 0 Å². The van der Waals surface area contributed by atoms with Crippen molar-refractivity contribution in [2.75, 3.05) is 0 Å². The minimum Gasteiger partial charge on any atom is -0.490 e. The summed E-state index contributed by atoms with van der Waals surface area (Å²) in [5.74, 6) is 0.622. The monoisotopic (exact) mass is 228 g/mol. The molecule has 1 aromatic rings. The summed E-state index contributed by atoms with van der Waals surface area (Å²) in [4.78, 5) is 0.275. The second kappa shape index (κ2) is 4.62. The fraction of sp³-hybridized carbons (Fsp3) is 0.300. The van der Waals surface area contributed by atoms with Crippen molar-refractivity contribution in [1.82, 2.24) is 0 Å². The van der Waals surface area contributed by atoms with Gasteiger partial charge in [0.25, 0.3) is 0 Å². The van der Waals surface area contributed by atoms with Crippen LogP contribution in [0.2, 0.25) is 5.02 Å². The maximum absolute atomic E-state index is 5.77. The largest absolute Gasteiger partial charge is 0.490 e. The minimum atomic E-state index is 0.0673. The molecule has 0 fully saturated rings. The molecule has 0 spiro atoms. The summed E-state index contributed by atoms with van der Waals surface area (Å²) in [6.07, 6.45) is 0.0673. The summed E-state index contributed by atoms with van der Waals surface area (Å²) in [5, 5.41) is 0.476. The topological polar surface area (TPSA) is 35.2 Å². The number of halogens is 1. The third-order valence-corrected chi connectivity index (χ3v) is 1.94. The SMILES string of the molecule is CC(C)Oc1c[c]c(Cl)cc1C(N)=S. The molecule has 75 valence electrons. The van der Waals surface area contributed by atoms with Crippen LogP contribution >= 0.6 is 23.8 Å². The molecule has 1 aromatic carbocycles. The van der Waals surface area contributed by atoms with Gasteiger partial charge in [-0.05, 0) is 26.0 Å². The average molecular weight is 229 g/mol. The highest BCUT2D eigenvalue weighted by Gasteiger charge is 2.08. The van der Waals surface area contributed by atoms with Gasteiger partial charge in [-0.3, -0.25) is 0 Å². The Kier molecular flexibility index (Phi) is 3.72. The first kappa shape index (κ1) is 11.3. The van der Waals surface area contributed by atoms with Gasteiger partial charge in [-0.15, -0.1) is 0 Å². The standard InChI is InChI=1S/C10H11ClNOS/c1-6(2)13-9-4-3-7(11)5-8(9)10(12)14/h4-6H,1-2H3,(H2,12,14). The first-order valence-electron chi connectivity index (χ1n) is 4.18. The molecule has 0 heterocycles. The first-order valence-corrected chi connectivity index (χ1v) is 4.97. The van der Waals surface area contributed by atoms with Gasteiger partial charge in [0.15, 0.2) is 0 Å². The van der Waals surface area contributed by atoms with Crippen molar-refractivity contribution in [2.45, 2.75) is 20.0 Å². The predicted octanol–water partition coefficient (Wildman–Crippen LogP) is 2.56. The van der Waals surface area contributed by atoms with Gasteiger partial charge in [-0.1, -0.05) is 23.8 Å². The van der Waals surface area contributed by atoms with Crippen LogP contribution in [0.1, 0.15) is 19.4 Å². The lowest BCUT2D eigenvalue weighted by Gasteiger charge is -2.13. The zero-order chi connectivity index (χ0) is 10.7. The number of hydrogen-bond acceptors (Lipinski definition) is 2. The van der Waals surface area contributed by atoms with Gasteiger partial charge in [0.1, 0.15) is 10.7 Å². The Hall–Kier alpha value is -0.800. The summed E-state index contributed by atoms with van der Waals surface area (Å²) in [6.45, 7) is 3.86. The Bertz CT molecular complexity index is 352. The van der Waals surface area contributed by atoms with Gasteiger partial charge in [0, 0.05) is 11.1 Å². The fourth-order valence-corrected chi connectivity index (χ4v) is 1.32. The summed E-state index contributed by atoms with van der Waals surface area (Å²) in [7, 11) is 0. The normalized spacial score (nSPS) is 10.3. The quantitative estimate of drug-likeness (QED) is 0.808. The number of thiocarbonyl (C=S) groups is 1. The molecule has 0 aliphatic heterocycles. The fourth-order valence-electron chi connectivity index (χ4n) is 0.996. The Balaban J connectivity index is 3.08. The van der Waals surface area contributed by atoms with Gasteiger partial charge in [-0.25, -0.2) is 0 Å². The van der Waals surface area contributed by atoms with E-state index < -0.39 is 0 Å². The van der Waals surface area contributed by atoms with Crippen molar-refractivity contribution in [1.29, 1.82) is 0 Å². The molecule has 2 N–H and O–H groups in total. The third kappa shape index (κ3) is 2.86. The molecule has 0 aromatic heterocycles. The molecule has 0 aliphatic carbocycles. The average Bonchev–Trinajstić information content (AvgIpc) is 2.07. The second-order valence-electron chi connectivity index (χ2n) is 3.09. The lowest BCUT2D eigenvalue weighted by molar-refractivity contribution is 0.242. The Morgan fingerprint density at radius 3 is 2.79 bits per heavy atom. The Morgan fingerprint density at radius 1 is 1.64 bits per heavy atom. The molecular weight excluding hydrogens is 218 g/mol. The molecule has 0 aliphatic rings. The molecule has 0 unspecified atom stereocenters. The Labute approximate surface area is 94.0 Å². The third-order valence-electron chi connectivity index (χ3n) is 1.51. The number of benzene rings is 1. The Morgan fingerprint density at radius 2 is 2.29 bits per heavy atom. The van der Waals surface area contributed by atoms with E-state index in [9.17, 15) is 0 Å². The minimum absolute atomic E-state index is 0.0673. The van der Waals surface area contributed by atoms with Crippen LogP contribution in [0.25, 0.3) is 0 Å². The van der Waals surface area contributed by atoms with Crippen LogP contribution in [0.3, 0.4) is 0 Å². The van der Waals surface area contributed by atoms with E-state index in [1.54, 1.807) is 12.1 Å². The highest BCUT2D eigenvalue weighted by Crippen LogP contribution is 2.23. The van der Waals surface area contributed by atoms with Crippen LogP contribution in [0, 0.1) is 6.07 Å². The van der Waals surface area contributed by atoms with Crippen molar-refractivity contribution in [3.63, 3.8) is 0 Å². The maximum atomic E-state index is 5.77. The molecule has 14 heavy (non-hydrogen) atoms. The lowest BCUT2D eigenvalue weighted by Crippen LogP contribution is -2.14. The van der Waals surface area contributed by atoms with Crippen molar-refractivity contribution in [3.8, 4) is 5.75 Å². The molecule has 1 rings (SSSR count). The van der Waals surface area contributed by atoms with Crippen molar-refractivity contribution < 1.29 is 4.74 Å². The predicted molar refractivity (Wildman–Crippen MR) is 61.9 cm³/mol. The second-order valence-corrected chi connectivity index (χ2v) is 3.94. The van der Waals surface area contributed by atoms with Gasteiger partial charge < -0.3 is 10.5 Å². The van der Waals surface area contributed by atoms with E-state index in [0.29, 0.717) is 16.3 Å². The van der Waals surface area contributed by atoms with E-state index in [0.717, 1.165) is 0 Å². The number of nitrogens with two attached hydrogens (primary N) is 1. The molecule has 0 saturated carbocycles. The van der Waals surface area contributed by atoms with E-state index in [-0.39, 0.29) is 11.1 Å². The van der Waals surface area contributed by atoms with Crippen LogP contribution in [-0.4, -0.2) is 11.1 Å². The van der Waals surface area contributed by atoms with E-state index in [1.807, 2.05) is 13.8 Å². The zero-order valence-electron chi connectivity index (χ0n) is 8.00. The molecule has 0 amide bonds. The lowest BCUT2D eigenvalue weighted by atomic mass is 10.2. The molecule has 0 saturated heterocycles. The summed E-state index contributed by atoms with van der Waals surface area (Å²) >= 11 is 10.7. The van der Waals surface area contributed by atoms with Crippen molar-refractivity contribution in [2.24, 2.45) is 5.73 Å². The highest BCUT2D eigenvalue weighted by atomic mass is 35.5. The van der Waals surface area contributed by atoms with Crippen LogP contribution in [0.15, 0.2) is 12.1 Å². The highest BCUT2D eigenvalue weighted by molar-refractivity contribution is 7.80. The molecule has 2 nitrogen and oxygen atoms in total. The zero-order valence-corrected chi connectivity index (χ0v) is 9.58. The van der Waals surface area contributed by atoms with E-state index in [1.165, 1.54) is 0 Å². The van der Waals surface area contributed by atoms with E-state index >= 15 is 0 Å². The van der Waals surface area contributed by atoms with Crippen molar-refractivity contribution >= 4 is 28.8 Å². The van der Waals surface area contributed by atoms with Gasteiger partial charge >= 0.3 is 0 Å². The van der Waals surface area contributed by atoms with E-state index in [4.69, 9.17) is 34.3 Å². The van der Waals surface area contributed by atoms with Crippen LogP contribution in [0.4, 0.5) is 0 Å². The molecule has 4 heteroatoms. The molecule has 0 atom stereocenters. The summed E-state index contributed by atoms with van der Waals surface area (Å²) in [6, 6.07) is 6.13. The van der Waals surface area contributed by atoms with E-state index in [2.05, 4.69) is 6.07 Å². The first-order chi connectivity index (χ1) is 6.50. The molecule has 0 bridgehead atoms. The number of hydrogen-bond donors (Lipinski definition) is 1. The maximum Gasteiger partial charge on any atom is 0.130 e. The van der Waals surface area contributed by atoms with Crippen LogP contribution in [0.5, 0.6) is 5.75 Å². The smallest absolute Gasteiger partial charge is 0.130 e. The summed E-state index contributed by atoms with van der Waals surface area (Å²) in [5.41, 5.74) is 6.19. The number of rotatable bonds is 3.